The van der Waals surface area contributed by atoms with E-state index in [1.807, 2.05) is 97.1 Å². The molecule has 0 saturated heterocycles. The maximum atomic E-state index is 6.47. The van der Waals surface area contributed by atoms with E-state index in [2.05, 4.69) is 395 Å². The Labute approximate surface area is 804 Å². The third-order valence-electron chi connectivity index (χ3n) is 29.1. The summed E-state index contributed by atoms with van der Waals surface area (Å²) in [6.07, 6.45) is 0. The average Bonchev–Trinajstić information content (AvgIpc) is 1.53. The van der Waals surface area contributed by atoms with Crippen molar-refractivity contribution in [1.82, 2.24) is 48.6 Å². The first-order valence-corrected chi connectivity index (χ1v) is 47.7. The fourth-order valence-electron chi connectivity index (χ4n) is 22.5. The van der Waals surface area contributed by atoms with Crippen molar-refractivity contribution in [3.8, 4) is 141 Å². The van der Waals surface area contributed by atoms with Gasteiger partial charge in [0.05, 0.1) is 55.9 Å². The normalized spacial score (nSPS) is 13.3. The summed E-state index contributed by atoms with van der Waals surface area (Å²) in [5.74, 6) is 3.30. The minimum absolute atomic E-state index is 0.128. The van der Waals surface area contributed by atoms with Crippen LogP contribution in [-0.4, -0.2) is 48.6 Å². The molecule has 0 saturated carbocycles. The van der Waals surface area contributed by atoms with Gasteiger partial charge in [-0.1, -0.05) is 393 Å². The summed E-state index contributed by atoms with van der Waals surface area (Å²) in [6, 6.07) is 154. The second-order valence-electron chi connectivity index (χ2n) is 38.2. The summed E-state index contributed by atoms with van der Waals surface area (Å²) in [5.41, 5.74) is 38.3. The summed E-state index contributed by atoms with van der Waals surface area (Å²) < 4.78 is 13.4. The van der Waals surface area contributed by atoms with Gasteiger partial charge in [-0.05, 0) is 157 Å². The number of para-hydroxylation sites is 5. The highest BCUT2D eigenvalue weighted by atomic mass is 16.3. The molecule has 11 nitrogen and oxygen atoms in total. The molecule has 0 bridgehead atoms. The molecule has 0 amide bonds. The van der Waals surface area contributed by atoms with E-state index < -0.39 is 0 Å². The van der Waals surface area contributed by atoms with E-state index in [9.17, 15) is 0 Å². The van der Waals surface area contributed by atoms with Crippen LogP contribution in [0.5, 0.6) is 0 Å². The number of nitrogens with zero attached hydrogens (tertiary/aromatic N) is 10. The highest BCUT2D eigenvalue weighted by Gasteiger charge is 2.42. The molecule has 7 aromatic heterocycles. The van der Waals surface area contributed by atoms with Crippen molar-refractivity contribution in [3.05, 3.63) is 470 Å². The first-order valence-electron chi connectivity index (χ1n) is 47.7. The number of rotatable bonds is 11. The van der Waals surface area contributed by atoms with Gasteiger partial charge in [0.25, 0.3) is 0 Å². The van der Waals surface area contributed by atoms with Crippen LogP contribution >= 0.6 is 0 Å². The van der Waals surface area contributed by atoms with E-state index >= 15 is 0 Å². The van der Waals surface area contributed by atoms with E-state index in [0.29, 0.717) is 29.4 Å². The molecule has 658 valence electrons. The maximum absolute atomic E-state index is 6.47. The number of aromatic nitrogens is 10. The molecule has 28 rings (SSSR count). The lowest BCUT2D eigenvalue weighted by Crippen LogP contribution is -2.16. The molecular weight excluding hydrogens is 1690 g/mol. The number of benzene rings is 18. The Hall–Kier alpha value is -17.7. The second kappa shape index (κ2) is 32.3. The van der Waals surface area contributed by atoms with Crippen LogP contribution in [0.1, 0.15) is 74.9 Å². The quantitative estimate of drug-likeness (QED) is 0.126. The van der Waals surface area contributed by atoms with Crippen molar-refractivity contribution < 1.29 is 4.42 Å². The summed E-state index contributed by atoms with van der Waals surface area (Å²) in [7, 11) is 0. The van der Waals surface area contributed by atoms with Crippen LogP contribution in [0.3, 0.4) is 0 Å². The Morgan fingerprint density at radius 1 is 0.209 bits per heavy atom. The molecule has 0 N–H and O–H groups in total. The largest absolute Gasteiger partial charge is 0.455 e. The molecule has 3 aliphatic carbocycles. The molecule has 18 aromatic carbocycles. The van der Waals surface area contributed by atoms with Crippen LogP contribution in [0.2, 0.25) is 0 Å². The monoisotopic (exact) mass is 1780 g/mol. The van der Waals surface area contributed by atoms with E-state index in [4.69, 9.17) is 39.3 Å². The highest BCUT2D eigenvalue weighted by molar-refractivity contribution is 6.17. The molecule has 0 atom stereocenters. The third kappa shape index (κ3) is 13.3. The fourth-order valence-corrected chi connectivity index (χ4v) is 22.5. The van der Waals surface area contributed by atoms with Gasteiger partial charge in [-0.15, -0.1) is 0 Å². The number of furan rings is 1. The Bertz CT molecular complexity index is 9080. The number of hydrogen-bond acceptors (Lipinski definition) is 8. The average molecular weight is 1780 g/mol. The van der Waals surface area contributed by atoms with Crippen molar-refractivity contribution in [2.45, 2.75) is 57.8 Å². The van der Waals surface area contributed by atoms with Crippen LogP contribution in [0.25, 0.3) is 229 Å². The first kappa shape index (κ1) is 82.0. The van der Waals surface area contributed by atoms with Crippen LogP contribution in [0.15, 0.2) is 441 Å². The predicted octanol–water partition coefficient (Wildman–Crippen LogP) is 32.3. The molecule has 0 unspecified atom stereocenters. The van der Waals surface area contributed by atoms with Gasteiger partial charge in [-0.3, -0.25) is 9.13 Å². The molecule has 25 aromatic rings. The van der Waals surface area contributed by atoms with Gasteiger partial charge in [-0.25, -0.2) is 24.9 Å². The molecule has 0 fully saturated rings. The second-order valence-corrected chi connectivity index (χ2v) is 38.2. The summed E-state index contributed by atoms with van der Waals surface area (Å²) >= 11 is 0. The van der Waals surface area contributed by atoms with Gasteiger partial charge in [0, 0.05) is 110 Å². The minimum atomic E-state index is -0.218. The summed E-state index contributed by atoms with van der Waals surface area (Å²) in [5, 5.41) is 9.69. The van der Waals surface area contributed by atoms with E-state index in [-0.39, 0.29) is 16.2 Å². The Morgan fingerprint density at radius 2 is 0.604 bits per heavy atom. The van der Waals surface area contributed by atoms with Crippen molar-refractivity contribution in [3.63, 3.8) is 0 Å². The number of hydrogen-bond donors (Lipinski definition) is 0. The van der Waals surface area contributed by atoms with Crippen LogP contribution in [0.4, 0.5) is 0 Å². The van der Waals surface area contributed by atoms with Crippen LogP contribution in [0, 0.1) is 0 Å². The standard InChI is InChI=1S/C49H33N3O.C43H31N3.C36H26N4/c1-49(2)40-26-32(33-20-13-21-37-36-19-10-12-23-46(36)53-47(33)37)24-25-34(40)38-28-45-39(27-41(38)49)35-18-9-11-22-44(35)52(45)48-50-42(30-14-5-3-6-15-30)29-43(51-48)31-16-7-4-8-17-31;1-43(2)36-19-11-9-17-32(36)34-25-26-35-33-18-10-12-20-39(33)46(41(35)40(34)43)31-23-21-30(22-24-31)42-44-37(28-13-5-3-6-14-28)27-38(45-42)29-15-7-4-8-16-29;1-36(2)28-19-11-9-17-25(28)26-21-22-30-31(32(26)36)27-18-10-12-20-29(27)40(30)35-38-33(23-13-5-3-6-14-23)37-34(39-35)24-15-7-4-8-16-24/h3-29H,1-2H3;3-27H,1-2H3;3-22H,1-2H3. The predicted molar refractivity (Wildman–Crippen MR) is 570 cm³/mol. The Kier molecular flexibility index (Phi) is 19.1. The third-order valence-corrected chi connectivity index (χ3v) is 29.1. The van der Waals surface area contributed by atoms with Gasteiger partial charge in [0.15, 0.2) is 17.5 Å². The fraction of sp³-hybridized carbons (Fsp3) is 0.0703. The molecular formula is C128H90N10O. The molecule has 11 heteroatoms. The zero-order chi connectivity index (χ0) is 92.9. The summed E-state index contributed by atoms with van der Waals surface area (Å²) in [4.78, 5) is 35.7. The molecule has 0 spiro atoms. The number of fused-ring (bicyclic) bond motifs is 23. The van der Waals surface area contributed by atoms with Gasteiger partial charge in [-0.2, -0.15) is 9.97 Å². The molecule has 0 aliphatic heterocycles. The van der Waals surface area contributed by atoms with E-state index in [1.54, 1.807) is 0 Å². The lowest BCUT2D eigenvalue weighted by Gasteiger charge is -2.23. The summed E-state index contributed by atoms with van der Waals surface area (Å²) in [6.45, 7) is 14.1. The molecule has 0 radical (unpaired) electrons. The van der Waals surface area contributed by atoms with Crippen molar-refractivity contribution in [2.75, 3.05) is 0 Å². The van der Waals surface area contributed by atoms with Crippen molar-refractivity contribution >= 4 is 87.4 Å². The zero-order valence-corrected chi connectivity index (χ0v) is 77.4. The first-order chi connectivity index (χ1) is 68.2. The lowest BCUT2D eigenvalue weighted by atomic mass is 9.80. The Balaban J connectivity index is 0.000000109. The van der Waals surface area contributed by atoms with Crippen LogP contribution < -0.4 is 0 Å². The smallest absolute Gasteiger partial charge is 0.238 e. The molecule has 7 heterocycles. The van der Waals surface area contributed by atoms with Gasteiger partial charge in [0.2, 0.25) is 11.9 Å². The van der Waals surface area contributed by atoms with Gasteiger partial charge < -0.3 is 8.98 Å². The lowest BCUT2D eigenvalue weighted by molar-refractivity contribution is 0.661. The Morgan fingerprint density at radius 3 is 1.18 bits per heavy atom. The van der Waals surface area contributed by atoms with Crippen molar-refractivity contribution in [2.24, 2.45) is 0 Å². The van der Waals surface area contributed by atoms with Gasteiger partial charge in [0.1, 0.15) is 11.2 Å². The van der Waals surface area contributed by atoms with Gasteiger partial charge >= 0.3 is 0 Å². The SMILES string of the molecule is CC1(C)c2cc(-c3cccc4c3oc3ccccc34)ccc2-c2cc3c(cc21)c1ccccc1n3-c1nc(-c2ccccc2)cc(-c2ccccc2)n1.CC1(C)c2ccccc2-c2ccc3c(c21)c1ccccc1n3-c1nc(-c2ccccc2)nc(-c2ccccc2)n1.CC1(C)c2ccccc2-c2ccc3c4ccccc4n(-c4ccc(-c5nc(-c6ccccc6)cc(-c6ccccc6)n5)cc4)c3c21. The van der Waals surface area contributed by atoms with E-state index in [0.717, 1.165) is 123 Å². The molecule has 139 heavy (non-hydrogen) atoms. The maximum Gasteiger partial charge on any atom is 0.238 e. The van der Waals surface area contributed by atoms with E-state index in [1.165, 1.54) is 110 Å². The van der Waals surface area contributed by atoms with Crippen LogP contribution in [-0.2, 0) is 16.2 Å². The topological polar surface area (TPSA) is 118 Å². The zero-order valence-electron chi connectivity index (χ0n) is 77.4. The molecule has 3 aliphatic rings. The highest BCUT2D eigenvalue weighted by Crippen LogP contribution is 2.57. The van der Waals surface area contributed by atoms with Crippen molar-refractivity contribution in [1.29, 1.82) is 0 Å². The minimum Gasteiger partial charge on any atom is -0.455 e.